The van der Waals surface area contributed by atoms with Crippen LogP contribution in [0.5, 0.6) is 0 Å². The Balaban J connectivity index is 1.69. The highest BCUT2D eigenvalue weighted by Crippen LogP contribution is 2.31. The van der Waals surface area contributed by atoms with Crippen molar-refractivity contribution in [2.45, 2.75) is 23.3 Å². The molecule has 1 aromatic carbocycles. The van der Waals surface area contributed by atoms with Crippen LogP contribution in [0.25, 0.3) is 0 Å². The second-order valence-electron chi connectivity index (χ2n) is 5.44. The molecule has 0 spiro atoms. The van der Waals surface area contributed by atoms with E-state index < -0.39 is 5.60 Å². The highest BCUT2D eigenvalue weighted by atomic mass is 32.2. The minimum Gasteiger partial charge on any atom is -0.381 e. The summed E-state index contributed by atoms with van der Waals surface area (Å²) in [6.07, 6.45) is 4.35. The van der Waals surface area contributed by atoms with Gasteiger partial charge in [0.2, 0.25) is 5.91 Å². The van der Waals surface area contributed by atoms with Gasteiger partial charge in [-0.1, -0.05) is 18.2 Å². The minimum absolute atomic E-state index is 0.0286. The Bertz CT molecular complexity index is 661. The summed E-state index contributed by atoms with van der Waals surface area (Å²) >= 11 is 1.64. The number of hydrogen-bond acceptors (Lipinski definition) is 5. The number of aromatic nitrogens is 3. The van der Waals surface area contributed by atoms with Crippen molar-refractivity contribution in [1.29, 1.82) is 0 Å². The number of aliphatic hydroxyl groups is 1. The first-order valence-corrected chi connectivity index (χ1v) is 8.33. The highest BCUT2D eigenvalue weighted by molar-refractivity contribution is 7.98. The van der Waals surface area contributed by atoms with Gasteiger partial charge in [0, 0.05) is 17.9 Å². The van der Waals surface area contributed by atoms with E-state index in [2.05, 4.69) is 15.4 Å². The highest BCUT2D eigenvalue weighted by Gasteiger charge is 2.41. The van der Waals surface area contributed by atoms with E-state index in [4.69, 9.17) is 0 Å². The molecule has 2 N–H and O–H groups in total. The molecule has 0 bridgehead atoms. The fourth-order valence-corrected chi connectivity index (χ4v) is 3.38. The number of H-pyrrole nitrogens is 1. The predicted molar refractivity (Wildman–Crippen MR) is 83.4 cm³/mol. The van der Waals surface area contributed by atoms with Crippen LogP contribution in [-0.4, -0.2) is 50.7 Å². The number of rotatable bonds is 4. The third kappa shape index (κ3) is 2.86. The summed E-state index contributed by atoms with van der Waals surface area (Å²) in [5, 5.41) is 20.8. The summed E-state index contributed by atoms with van der Waals surface area (Å²) in [5.41, 5.74) is 0.422. The number of β-amino-alcohol motifs (C(OH)–C–C–N with tert-alkyl or cyclic N) is 1. The lowest BCUT2D eigenvalue weighted by atomic mass is 10.00. The van der Waals surface area contributed by atoms with Gasteiger partial charge in [0.05, 0.1) is 19.2 Å². The Morgan fingerprint density at radius 3 is 3.05 bits per heavy atom. The second kappa shape index (κ2) is 6.10. The fourth-order valence-electron chi connectivity index (χ4n) is 2.77. The van der Waals surface area contributed by atoms with Gasteiger partial charge in [-0.15, -0.1) is 11.8 Å². The van der Waals surface area contributed by atoms with Gasteiger partial charge < -0.3 is 10.0 Å². The molecule has 1 aliphatic rings. The molecule has 1 aromatic heterocycles. The molecule has 7 heteroatoms. The van der Waals surface area contributed by atoms with Crippen LogP contribution in [0, 0.1) is 0 Å². The van der Waals surface area contributed by atoms with Crippen molar-refractivity contribution in [3.8, 4) is 0 Å². The van der Waals surface area contributed by atoms with Crippen LogP contribution < -0.4 is 0 Å². The van der Waals surface area contributed by atoms with Gasteiger partial charge in [-0.2, -0.15) is 15.4 Å². The molecule has 0 unspecified atom stereocenters. The lowest BCUT2D eigenvalue weighted by molar-refractivity contribution is -0.130. The number of benzene rings is 1. The smallest absolute Gasteiger partial charge is 0.227 e. The number of nitrogens with one attached hydrogen (secondary N) is 1. The van der Waals surface area contributed by atoms with E-state index in [1.165, 1.54) is 6.20 Å². The molecular weight excluding hydrogens is 300 g/mol. The molecule has 1 atom stereocenters. The molecule has 2 heterocycles. The number of nitrogens with zero attached hydrogens (tertiary/aromatic N) is 3. The van der Waals surface area contributed by atoms with Gasteiger partial charge in [-0.25, -0.2) is 0 Å². The Morgan fingerprint density at radius 1 is 1.50 bits per heavy atom. The number of carbonyl (C=O) groups excluding carboxylic acids is 1. The molecule has 116 valence electrons. The van der Waals surface area contributed by atoms with E-state index in [9.17, 15) is 9.90 Å². The van der Waals surface area contributed by atoms with E-state index in [0.29, 0.717) is 25.1 Å². The van der Waals surface area contributed by atoms with Crippen molar-refractivity contribution in [3.63, 3.8) is 0 Å². The number of aromatic amines is 1. The summed E-state index contributed by atoms with van der Waals surface area (Å²) < 4.78 is 0. The normalized spacial score (nSPS) is 21.3. The maximum Gasteiger partial charge on any atom is 0.227 e. The van der Waals surface area contributed by atoms with Gasteiger partial charge in [0.25, 0.3) is 0 Å². The molecule has 22 heavy (non-hydrogen) atoms. The largest absolute Gasteiger partial charge is 0.381 e. The molecular formula is C15H18N4O2S. The SMILES string of the molecule is CSc1ccccc1CC(=O)N1CC[C@](O)(c2cn[nH]n2)C1. The number of thioether (sulfide) groups is 1. The van der Waals surface area contributed by atoms with Gasteiger partial charge in [0.15, 0.2) is 0 Å². The van der Waals surface area contributed by atoms with Gasteiger partial charge in [-0.05, 0) is 17.9 Å². The molecule has 1 saturated heterocycles. The van der Waals surface area contributed by atoms with Crippen LogP contribution in [0.15, 0.2) is 35.4 Å². The van der Waals surface area contributed by atoms with Crippen molar-refractivity contribution in [2.75, 3.05) is 19.3 Å². The third-order valence-corrected chi connectivity index (χ3v) is 4.86. The van der Waals surface area contributed by atoms with Crippen LogP contribution in [0.2, 0.25) is 0 Å². The van der Waals surface area contributed by atoms with Crippen molar-refractivity contribution >= 4 is 17.7 Å². The Morgan fingerprint density at radius 2 is 2.32 bits per heavy atom. The summed E-state index contributed by atoms with van der Waals surface area (Å²) in [4.78, 5) is 15.3. The predicted octanol–water partition coefficient (Wildman–Crippen LogP) is 1.19. The molecule has 1 aliphatic heterocycles. The molecule has 6 nitrogen and oxygen atoms in total. The Labute approximate surface area is 132 Å². The maximum atomic E-state index is 12.5. The summed E-state index contributed by atoms with van der Waals surface area (Å²) in [6.45, 7) is 0.795. The van der Waals surface area contributed by atoms with Gasteiger partial charge in [0.1, 0.15) is 11.3 Å². The molecule has 0 radical (unpaired) electrons. The monoisotopic (exact) mass is 318 g/mol. The van der Waals surface area contributed by atoms with Crippen LogP contribution in [0.1, 0.15) is 17.7 Å². The summed E-state index contributed by atoms with van der Waals surface area (Å²) in [6, 6.07) is 7.91. The number of carbonyl (C=O) groups is 1. The summed E-state index contributed by atoms with van der Waals surface area (Å²) in [5.74, 6) is 0.0286. The molecule has 1 fully saturated rings. The first kappa shape index (κ1) is 15.1. The number of amides is 1. The molecule has 0 aliphatic carbocycles. The zero-order valence-corrected chi connectivity index (χ0v) is 13.1. The first-order valence-electron chi connectivity index (χ1n) is 7.11. The molecule has 2 aromatic rings. The lowest BCUT2D eigenvalue weighted by Gasteiger charge is -2.21. The summed E-state index contributed by atoms with van der Waals surface area (Å²) in [7, 11) is 0. The minimum atomic E-state index is -1.10. The molecule has 1 amide bonds. The zero-order chi connectivity index (χ0) is 15.6. The average Bonchev–Trinajstić information content (AvgIpc) is 3.18. The van der Waals surface area contributed by atoms with Gasteiger partial charge in [-0.3, -0.25) is 4.79 Å². The van der Waals surface area contributed by atoms with Crippen molar-refractivity contribution in [2.24, 2.45) is 0 Å². The lowest BCUT2D eigenvalue weighted by Crippen LogP contribution is -2.35. The van der Waals surface area contributed by atoms with E-state index >= 15 is 0 Å². The Hall–Kier alpha value is -1.86. The zero-order valence-electron chi connectivity index (χ0n) is 12.3. The third-order valence-electron chi connectivity index (χ3n) is 4.03. The van der Waals surface area contributed by atoms with E-state index in [1.54, 1.807) is 16.7 Å². The van der Waals surface area contributed by atoms with E-state index in [1.807, 2.05) is 30.5 Å². The van der Waals surface area contributed by atoms with Crippen LogP contribution >= 0.6 is 11.8 Å². The number of likely N-dealkylation sites (tertiary alicyclic amines) is 1. The standard InChI is InChI=1S/C15H18N4O2S/c1-22-12-5-3-2-4-11(12)8-14(20)19-7-6-15(21,10-19)13-9-16-18-17-13/h2-5,9,21H,6-8,10H2,1H3,(H,16,17,18)/t15-/m1/s1. The van der Waals surface area contributed by atoms with E-state index in [-0.39, 0.29) is 12.5 Å². The average molecular weight is 318 g/mol. The maximum absolute atomic E-state index is 12.5. The van der Waals surface area contributed by atoms with Crippen molar-refractivity contribution in [3.05, 3.63) is 41.7 Å². The fraction of sp³-hybridized carbons (Fsp3) is 0.400. The van der Waals surface area contributed by atoms with Crippen LogP contribution in [-0.2, 0) is 16.8 Å². The number of hydrogen-bond donors (Lipinski definition) is 2. The van der Waals surface area contributed by atoms with Gasteiger partial charge >= 0.3 is 0 Å². The van der Waals surface area contributed by atoms with Crippen LogP contribution in [0.4, 0.5) is 0 Å². The molecule has 0 saturated carbocycles. The first-order chi connectivity index (χ1) is 10.6. The Kier molecular flexibility index (Phi) is 4.17. The topological polar surface area (TPSA) is 82.1 Å². The molecule has 3 rings (SSSR count). The van der Waals surface area contributed by atoms with E-state index in [0.717, 1.165) is 10.5 Å². The second-order valence-corrected chi connectivity index (χ2v) is 6.29. The van der Waals surface area contributed by atoms with Crippen LogP contribution in [0.3, 0.4) is 0 Å². The van der Waals surface area contributed by atoms with Crippen molar-refractivity contribution in [1.82, 2.24) is 20.3 Å². The van der Waals surface area contributed by atoms with Crippen molar-refractivity contribution < 1.29 is 9.90 Å². The quantitative estimate of drug-likeness (QED) is 0.828.